The van der Waals surface area contributed by atoms with Gasteiger partial charge in [0.2, 0.25) is 0 Å². The van der Waals surface area contributed by atoms with Crippen LogP contribution in [-0.2, 0) is 0 Å². The minimum atomic E-state index is -0.510. The second kappa shape index (κ2) is 10.2. The number of nitrogens with one attached hydrogen (secondary N) is 1. The largest absolute Gasteiger partial charge is 0.497 e. The summed E-state index contributed by atoms with van der Waals surface area (Å²) in [5, 5.41) is 1.82. The maximum Gasteiger partial charge on any atom is 0.254 e. The van der Waals surface area contributed by atoms with Crippen molar-refractivity contribution in [2.45, 2.75) is 0 Å². The van der Waals surface area contributed by atoms with Crippen molar-refractivity contribution in [1.29, 1.82) is 0 Å². The number of carbonyl (C=O) groups is 2. The fourth-order valence-electron chi connectivity index (χ4n) is 5.00. The fraction of sp³-hybridized carbons (Fsp3) is 0.310. The molecule has 0 spiro atoms. The molecule has 1 aromatic heterocycles. The van der Waals surface area contributed by atoms with Crippen LogP contribution in [0.15, 0.2) is 54.6 Å². The summed E-state index contributed by atoms with van der Waals surface area (Å²) in [5.74, 6) is 0.253. The Morgan fingerprint density at radius 2 is 1.76 bits per heavy atom. The molecular weight excluding hydrogens is 466 g/mol. The Morgan fingerprint density at radius 1 is 0.973 bits per heavy atom. The van der Waals surface area contributed by atoms with Gasteiger partial charge in [-0.2, -0.15) is 0 Å². The van der Waals surface area contributed by atoms with Gasteiger partial charge in [0, 0.05) is 61.1 Å². The van der Waals surface area contributed by atoms with Crippen LogP contribution in [0, 0.1) is 0 Å². The Bertz CT molecular complexity index is 1470. The quantitative estimate of drug-likeness (QED) is 0.406. The molecular formula is C29H33N5O3. The summed E-state index contributed by atoms with van der Waals surface area (Å²) in [4.78, 5) is 35.6. The highest BCUT2D eigenvalue weighted by molar-refractivity contribution is 6.17. The van der Waals surface area contributed by atoms with E-state index in [1.807, 2.05) is 53.4 Å². The first-order chi connectivity index (χ1) is 17.8. The molecule has 1 fully saturated rings. The molecule has 0 radical (unpaired) electrons. The molecule has 1 aliphatic rings. The molecule has 1 aliphatic heterocycles. The average molecular weight is 500 g/mol. The average Bonchev–Trinajstić information content (AvgIpc) is 3.29. The van der Waals surface area contributed by atoms with E-state index in [1.54, 1.807) is 13.2 Å². The zero-order valence-electron chi connectivity index (χ0n) is 21.6. The number of fused-ring (bicyclic) bond motifs is 3. The highest BCUT2D eigenvalue weighted by Gasteiger charge is 2.23. The zero-order chi connectivity index (χ0) is 26.1. The van der Waals surface area contributed by atoms with Gasteiger partial charge in [-0.1, -0.05) is 18.2 Å². The summed E-state index contributed by atoms with van der Waals surface area (Å²) in [7, 11) is 5.78. The standard InChI is InChI=1S/C29H33N5O3/c1-32(2)9-10-33-11-13-34(14-12-33)29(36)20-7-8-23-24-16-21(19-5-4-6-22(15-19)37-3)17-25(28(30)35)27(24)31-26(23)18-20/h4-8,15-18,31H,9-14H2,1-3H3,(H2,30,35). The van der Waals surface area contributed by atoms with Crippen LogP contribution in [-0.4, -0.2) is 92.0 Å². The second-order valence-electron chi connectivity index (χ2n) is 9.87. The number of likely N-dealkylation sites (N-methyl/N-ethyl adjacent to an activating group) is 1. The van der Waals surface area contributed by atoms with Crippen LogP contribution in [0.2, 0.25) is 0 Å². The number of nitrogens with zero attached hydrogens (tertiary/aromatic N) is 3. The van der Waals surface area contributed by atoms with Crippen LogP contribution >= 0.6 is 0 Å². The lowest BCUT2D eigenvalue weighted by Crippen LogP contribution is -2.49. The third-order valence-electron chi connectivity index (χ3n) is 7.15. The van der Waals surface area contributed by atoms with Gasteiger partial charge in [0.05, 0.1) is 18.2 Å². The van der Waals surface area contributed by atoms with E-state index in [0.29, 0.717) is 29.7 Å². The number of amides is 2. The lowest BCUT2D eigenvalue weighted by atomic mass is 9.98. The zero-order valence-corrected chi connectivity index (χ0v) is 21.6. The van der Waals surface area contributed by atoms with E-state index in [9.17, 15) is 9.59 Å². The monoisotopic (exact) mass is 499 g/mol. The molecule has 5 rings (SSSR count). The minimum absolute atomic E-state index is 0.0278. The van der Waals surface area contributed by atoms with Crippen molar-refractivity contribution in [3.05, 3.63) is 65.7 Å². The number of benzene rings is 3. The topological polar surface area (TPSA) is 94.9 Å². The van der Waals surface area contributed by atoms with Crippen molar-refractivity contribution < 1.29 is 14.3 Å². The molecule has 1 saturated heterocycles. The van der Waals surface area contributed by atoms with Crippen molar-refractivity contribution in [2.24, 2.45) is 5.73 Å². The predicted molar refractivity (Wildman–Crippen MR) is 147 cm³/mol. The minimum Gasteiger partial charge on any atom is -0.497 e. The van der Waals surface area contributed by atoms with Crippen LogP contribution in [0.3, 0.4) is 0 Å². The van der Waals surface area contributed by atoms with E-state index < -0.39 is 5.91 Å². The molecule has 2 amide bonds. The van der Waals surface area contributed by atoms with E-state index in [2.05, 4.69) is 28.9 Å². The SMILES string of the molecule is COc1cccc(-c2cc(C(N)=O)c3[nH]c4cc(C(=O)N5CCN(CCN(C)C)CC5)ccc4c3c2)c1. The molecule has 0 atom stereocenters. The fourth-order valence-corrected chi connectivity index (χ4v) is 5.00. The smallest absolute Gasteiger partial charge is 0.254 e. The first kappa shape index (κ1) is 24.8. The van der Waals surface area contributed by atoms with Gasteiger partial charge in [-0.15, -0.1) is 0 Å². The van der Waals surface area contributed by atoms with Gasteiger partial charge in [0.15, 0.2) is 0 Å². The number of nitrogens with two attached hydrogens (primary N) is 1. The van der Waals surface area contributed by atoms with Crippen molar-refractivity contribution in [3.8, 4) is 16.9 Å². The number of ether oxygens (including phenoxy) is 1. The van der Waals surface area contributed by atoms with Crippen molar-refractivity contribution in [2.75, 3.05) is 60.5 Å². The Balaban J connectivity index is 1.46. The lowest BCUT2D eigenvalue weighted by Gasteiger charge is -2.35. The number of hydrogen-bond donors (Lipinski definition) is 2. The van der Waals surface area contributed by atoms with Crippen LogP contribution < -0.4 is 10.5 Å². The highest BCUT2D eigenvalue weighted by atomic mass is 16.5. The Kier molecular flexibility index (Phi) is 6.86. The van der Waals surface area contributed by atoms with Crippen LogP contribution in [0.4, 0.5) is 0 Å². The summed E-state index contributed by atoms with van der Waals surface area (Å²) < 4.78 is 5.37. The molecule has 0 bridgehead atoms. The lowest BCUT2D eigenvalue weighted by molar-refractivity contribution is 0.0629. The third-order valence-corrected chi connectivity index (χ3v) is 7.15. The summed E-state index contributed by atoms with van der Waals surface area (Å²) in [6, 6.07) is 17.3. The summed E-state index contributed by atoms with van der Waals surface area (Å²) in [6.45, 7) is 5.21. The molecule has 8 heteroatoms. The number of hydrogen-bond acceptors (Lipinski definition) is 5. The van der Waals surface area contributed by atoms with E-state index in [1.165, 1.54) is 0 Å². The van der Waals surface area contributed by atoms with Gasteiger partial charge < -0.3 is 25.3 Å². The number of aromatic nitrogens is 1. The van der Waals surface area contributed by atoms with Crippen molar-refractivity contribution >= 4 is 33.6 Å². The van der Waals surface area contributed by atoms with Crippen LogP contribution in [0.5, 0.6) is 5.75 Å². The molecule has 0 saturated carbocycles. The molecule has 4 aromatic rings. The molecule has 3 aromatic carbocycles. The van der Waals surface area contributed by atoms with Gasteiger partial charge in [0.1, 0.15) is 5.75 Å². The Hall–Kier alpha value is -3.88. The van der Waals surface area contributed by atoms with Crippen molar-refractivity contribution in [3.63, 3.8) is 0 Å². The van der Waals surface area contributed by atoms with E-state index in [-0.39, 0.29) is 5.91 Å². The normalized spacial score (nSPS) is 14.5. The number of methoxy groups -OCH3 is 1. The number of primary amides is 1. The molecule has 2 heterocycles. The summed E-state index contributed by atoms with van der Waals surface area (Å²) >= 11 is 0. The molecule has 8 nitrogen and oxygen atoms in total. The van der Waals surface area contributed by atoms with E-state index >= 15 is 0 Å². The Morgan fingerprint density at radius 3 is 2.46 bits per heavy atom. The first-order valence-corrected chi connectivity index (χ1v) is 12.5. The van der Waals surface area contributed by atoms with Gasteiger partial charge >= 0.3 is 0 Å². The molecule has 0 aliphatic carbocycles. The second-order valence-corrected chi connectivity index (χ2v) is 9.87. The van der Waals surface area contributed by atoms with Gasteiger partial charge in [-0.05, 0) is 61.6 Å². The van der Waals surface area contributed by atoms with Crippen LogP contribution in [0.25, 0.3) is 32.9 Å². The maximum absolute atomic E-state index is 13.3. The first-order valence-electron chi connectivity index (χ1n) is 12.5. The number of carbonyl (C=O) groups excluding carboxylic acids is 2. The summed E-state index contributed by atoms with van der Waals surface area (Å²) in [5.41, 5.74) is 10.1. The van der Waals surface area contributed by atoms with Crippen LogP contribution in [0.1, 0.15) is 20.7 Å². The van der Waals surface area contributed by atoms with Gasteiger partial charge in [-0.25, -0.2) is 0 Å². The molecule has 0 unspecified atom stereocenters. The number of aromatic amines is 1. The molecule has 3 N–H and O–H groups in total. The molecule has 192 valence electrons. The summed E-state index contributed by atoms with van der Waals surface area (Å²) in [6.07, 6.45) is 0. The third kappa shape index (κ3) is 5.03. The van der Waals surface area contributed by atoms with E-state index in [4.69, 9.17) is 10.5 Å². The predicted octanol–water partition coefficient (Wildman–Crippen LogP) is 3.42. The van der Waals surface area contributed by atoms with Crippen molar-refractivity contribution in [1.82, 2.24) is 19.7 Å². The Labute approximate surface area is 216 Å². The number of H-pyrrole nitrogens is 1. The van der Waals surface area contributed by atoms with Gasteiger partial charge in [0.25, 0.3) is 11.8 Å². The highest BCUT2D eigenvalue weighted by Crippen LogP contribution is 2.34. The number of piperazine rings is 1. The molecule has 37 heavy (non-hydrogen) atoms. The maximum atomic E-state index is 13.3. The van der Waals surface area contributed by atoms with E-state index in [0.717, 1.165) is 59.3 Å². The number of rotatable bonds is 7. The van der Waals surface area contributed by atoms with Gasteiger partial charge in [-0.3, -0.25) is 14.5 Å².